The largest absolute Gasteiger partial charge is 0.416 e. The normalized spacial score (nSPS) is 29.1. The number of rotatable bonds is 14. The maximum atomic E-state index is 12.5. The van der Waals surface area contributed by atoms with E-state index >= 15 is 0 Å². The Hall–Kier alpha value is -4.12. The van der Waals surface area contributed by atoms with Gasteiger partial charge >= 0.3 is 18.5 Å². The molecule has 0 saturated carbocycles. The Balaban J connectivity index is 0.000000234. The number of benzene rings is 3. The number of carbonyl (C=O) groups excluding carboxylic acids is 1. The van der Waals surface area contributed by atoms with E-state index in [0.717, 1.165) is 42.5 Å². The van der Waals surface area contributed by atoms with Gasteiger partial charge in [0.15, 0.2) is 5.78 Å². The first kappa shape index (κ1) is 60.4. The van der Waals surface area contributed by atoms with E-state index in [4.69, 9.17) is 14.2 Å². The van der Waals surface area contributed by atoms with Gasteiger partial charge < -0.3 is 70.4 Å². The third-order valence-corrected chi connectivity index (χ3v) is 12.0. The van der Waals surface area contributed by atoms with Crippen LogP contribution in [0.15, 0.2) is 78.9 Å². The van der Waals surface area contributed by atoms with Crippen LogP contribution in [0, 0.1) is 0 Å². The minimum atomic E-state index is -4.42. The molecule has 3 fully saturated rings. The molecule has 3 heterocycles. The van der Waals surface area contributed by atoms with Crippen LogP contribution in [0.2, 0.25) is 0 Å². The fraction of sp³-hybridized carbons (Fsp3) is 0.562. The first-order valence-corrected chi connectivity index (χ1v) is 22.6. The molecule has 0 bridgehead atoms. The molecular formula is C48H59F9O15. The molecule has 0 aliphatic carbocycles. The number of ketones is 1. The van der Waals surface area contributed by atoms with E-state index in [9.17, 15) is 100 Å². The van der Waals surface area contributed by atoms with Crippen LogP contribution in [-0.4, -0.2) is 167 Å². The molecule has 3 aromatic rings. The second-order valence-electron chi connectivity index (χ2n) is 17.6. The summed E-state index contributed by atoms with van der Waals surface area (Å²) in [6, 6.07) is 13.7. The third kappa shape index (κ3) is 18.7. The van der Waals surface area contributed by atoms with Gasteiger partial charge in [0.1, 0.15) is 54.9 Å². The predicted molar refractivity (Wildman–Crippen MR) is 234 cm³/mol. The molecule has 0 unspecified atom stereocenters. The lowest BCUT2D eigenvalue weighted by molar-refractivity contribution is -0.193. The summed E-state index contributed by atoms with van der Waals surface area (Å²) in [5.41, 5.74) is -0.504. The van der Waals surface area contributed by atoms with Crippen molar-refractivity contribution in [2.45, 2.75) is 149 Å². The molecule has 3 saturated heterocycles. The molecule has 72 heavy (non-hydrogen) atoms. The number of halogens is 9. The van der Waals surface area contributed by atoms with Gasteiger partial charge in [0.05, 0.1) is 67.0 Å². The molecule has 0 aromatic heterocycles. The average molecular weight is 1050 g/mol. The van der Waals surface area contributed by atoms with Crippen LogP contribution in [0.1, 0.15) is 65.5 Å². The van der Waals surface area contributed by atoms with E-state index in [-0.39, 0.29) is 51.9 Å². The number of aliphatic hydroxyl groups is 11. The quantitative estimate of drug-likeness (QED) is 0.0819. The molecule has 0 spiro atoms. The van der Waals surface area contributed by atoms with Crippen LogP contribution in [0.4, 0.5) is 39.5 Å². The van der Waals surface area contributed by atoms with Crippen molar-refractivity contribution >= 4 is 11.9 Å². The van der Waals surface area contributed by atoms with Crippen molar-refractivity contribution < 1.29 is 115 Å². The predicted octanol–water partition coefficient (Wildman–Crippen LogP) is 2.90. The van der Waals surface area contributed by atoms with Gasteiger partial charge in [-0.1, -0.05) is 42.5 Å². The van der Waals surface area contributed by atoms with Crippen LogP contribution in [-0.2, 0) is 50.4 Å². The van der Waals surface area contributed by atoms with Crippen LogP contribution in [0.5, 0.6) is 0 Å². The standard InChI is InChI=1S/2C16H21F3O5.C16H17F3O5/c3*17-16(18,19)10-4-1-9(2-5-10)3-6-11(20)7-13-15(23)14(22)12(21)8-24-13/h2*1-2,4-5,11-15,20-23H,3,6-8H2;1-6,12-15,21-23H,7-8H2/b;;6-3+/t11-,12+,13-,14-,15-;11-,12-,13+,14+,15+;12-,13+,14+,15+/m011/s1. The number of allylic oxidation sites excluding steroid dienone is 1. The highest BCUT2D eigenvalue weighted by atomic mass is 19.4. The van der Waals surface area contributed by atoms with Crippen molar-refractivity contribution in [1.82, 2.24) is 0 Å². The van der Waals surface area contributed by atoms with Crippen LogP contribution < -0.4 is 0 Å². The van der Waals surface area contributed by atoms with Gasteiger partial charge in [-0.25, -0.2) is 0 Å². The Labute approximate surface area is 407 Å². The Morgan fingerprint density at radius 2 is 0.792 bits per heavy atom. The number of carbonyl (C=O) groups is 1. The highest BCUT2D eigenvalue weighted by Crippen LogP contribution is 2.32. The first-order chi connectivity index (χ1) is 33.5. The summed E-state index contributed by atoms with van der Waals surface area (Å²) < 4.78 is 128. The van der Waals surface area contributed by atoms with E-state index in [1.165, 1.54) is 42.5 Å². The second-order valence-corrected chi connectivity index (χ2v) is 17.6. The summed E-state index contributed by atoms with van der Waals surface area (Å²) >= 11 is 0. The molecule has 6 rings (SSSR count). The van der Waals surface area contributed by atoms with Crippen molar-refractivity contribution in [3.8, 4) is 0 Å². The van der Waals surface area contributed by atoms with Crippen molar-refractivity contribution in [3.05, 3.63) is 112 Å². The Morgan fingerprint density at radius 1 is 0.486 bits per heavy atom. The van der Waals surface area contributed by atoms with E-state index in [2.05, 4.69) is 0 Å². The van der Waals surface area contributed by atoms with Gasteiger partial charge in [-0.15, -0.1) is 0 Å². The molecule has 0 radical (unpaired) electrons. The van der Waals surface area contributed by atoms with Gasteiger partial charge in [-0.2, -0.15) is 39.5 Å². The highest BCUT2D eigenvalue weighted by molar-refractivity contribution is 5.93. The van der Waals surface area contributed by atoms with Crippen LogP contribution >= 0.6 is 0 Å². The zero-order valence-electron chi connectivity index (χ0n) is 38.2. The van der Waals surface area contributed by atoms with Crippen LogP contribution in [0.25, 0.3) is 6.08 Å². The van der Waals surface area contributed by atoms with Gasteiger partial charge in [-0.3, -0.25) is 4.79 Å². The zero-order valence-corrected chi connectivity index (χ0v) is 38.2. The third-order valence-electron chi connectivity index (χ3n) is 12.0. The van der Waals surface area contributed by atoms with Gasteiger partial charge in [-0.05, 0) is 84.8 Å². The Kier molecular flexibility index (Phi) is 22.6. The summed E-state index contributed by atoms with van der Waals surface area (Å²) in [5.74, 6) is -0.428. The summed E-state index contributed by atoms with van der Waals surface area (Å²) in [6.45, 7) is -0.457. The molecule has 3 aromatic carbocycles. The summed E-state index contributed by atoms with van der Waals surface area (Å²) in [5, 5.41) is 106. The average Bonchev–Trinajstić information content (AvgIpc) is 3.32. The van der Waals surface area contributed by atoms with Crippen LogP contribution in [0.3, 0.4) is 0 Å². The van der Waals surface area contributed by atoms with Gasteiger partial charge in [0, 0.05) is 19.3 Å². The Bertz CT molecular complexity index is 2010. The number of alkyl halides is 9. The van der Waals surface area contributed by atoms with E-state index in [1.807, 2.05) is 0 Å². The topological polar surface area (TPSA) is 267 Å². The maximum absolute atomic E-state index is 12.5. The molecule has 14 atom stereocenters. The van der Waals surface area contributed by atoms with E-state index < -0.39 is 126 Å². The summed E-state index contributed by atoms with van der Waals surface area (Å²) in [7, 11) is 0. The van der Waals surface area contributed by atoms with Gasteiger partial charge in [0.2, 0.25) is 0 Å². The molecule has 15 nitrogen and oxygen atoms in total. The first-order valence-electron chi connectivity index (χ1n) is 22.6. The number of aryl methyl sites for hydroxylation is 2. The molecular weight excluding hydrogens is 987 g/mol. The molecule has 404 valence electrons. The molecule has 3 aliphatic heterocycles. The molecule has 11 N–H and O–H groups in total. The number of ether oxygens (including phenoxy) is 3. The number of hydrogen-bond donors (Lipinski definition) is 11. The lowest BCUT2D eigenvalue weighted by Gasteiger charge is -2.36. The summed E-state index contributed by atoms with van der Waals surface area (Å²) in [4.78, 5) is 11.8. The molecule has 24 heteroatoms. The van der Waals surface area contributed by atoms with Crippen molar-refractivity contribution in [1.29, 1.82) is 0 Å². The fourth-order valence-corrected chi connectivity index (χ4v) is 7.59. The van der Waals surface area contributed by atoms with Crippen molar-refractivity contribution in [2.75, 3.05) is 19.8 Å². The van der Waals surface area contributed by atoms with Crippen molar-refractivity contribution in [2.24, 2.45) is 0 Å². The lowest BCUT2D eigenvalue weighted by atomic mass is 9.94. The number of aliphatic hydroxyl groups excluding tert-OH is 11. The number of hydrogen-bond acceptors (Lipinski definition) is 15. The minimum absolute atomic E-state index is 0.0611. The second kappa shape index (κ2) is 26.9. The minimum Gasteiger partial charge on any atom is -0.393 e. The van der Waals surface area contributed by atoms with Crippen molar-refractivity contribution in [3.63, 3.8) is 0 Å². The van der Waals surface area contributed by atoms with E-state index in [0.29, 0.717) is 29.5 Å². The van der Waals surface area contributed by atoms with Gasteiger partial charge in [0.25, 0.3) is 0 Å². The fourth-order valence-electron chi connectivity index (χ4n) is 7.59. The monoisotopic (exact) mass is 1050 g/mol. The summed E-state index contributed by atoms with van der Waals surface area (Å²) in [6.07, 6.45) is -25.3. The molecule has 3 aliphatic rings. The Morgan fingerprint density at radius 3 is 1.12 bits per heavy atom. The smallest absolute Gasteiger partial charge is 0.393 e. The highest BCUT2D eigenvalue weighted by Gasteiger charge is 2.41. The molecule has 0 amide bonds. The SMILES string of the molecule is O=C(/C=C/c1ccc(C(F)(F)F)cc1)C[C@@H]1OC[C@@H](O)[C@H](O)[C@H]1O.O[C@@H](CCc1ccc(C(F)(F)F)cc1)C[C@@H]1OC[C@@H](O)[C@H](O)[C@H]1O.O[C@H](CCc1ccc(C(F)(F)F)cc1)C[C@@H]1OC[C@@H](O)[C@H](O)[C@H]1O. The maximum Gasteiger partial charge on any atom is 0.416 e. The zero-order chi connectivity index (χ0) is 53.7. The lowest BCUT2D eigenvalue weighted by Crippen LogP contribution is -2.53. The van der Waals surface area contributed by atoms with E-state index in [1.54, 1.807) is 0 Å².